The second kappa shape index (κ2) is 4.57. The third-order valence-electron chi connectivity index (χ3n) is 5.23. The summed E-state index contributed by atoms with van der Waals surface area (Å²) in [6.45, 7) is 0. The van der Waals surface area contributed by atoms with Gasteiger partial charge in [0.05, 0.1) is 0 Å². The van der Waals surface area contributed by atoms with Crippen molar-refractivity contribution in [2.75, 3.05) is 0 Å². The number of phenols is 4. The fourth-order valence-electron chi connectivity index (χ4n) is 4.16. The maximum atomic E-state index is 10.1. The molecule has 0 aliphatic heterocycles. The van der Waals surface area contributed by atoms with Crippen molar-refractivity contribution in [2.45, 2.75) is 31.6 Å². The first-order chi connectivity index (χ1) is 10.6. The first-order valence-corrected chi connectivity index (χ1v) is 7.64. The molecule has 2 aromatic rings. The van der Waals surface area contributed by atoms with Crippen molar-refractivity contribution in [2.24, 2.45) is 5.92 Å². The van der Waals surface area contributed by atoms with Crippen LogP contribution in [0.25, 0.3) is 0 Å². The molecule has 4 rings (SSSR count). The molecule has 0 fully saturated rings. The summed E-state index contributed by atoms with van der Waals surface area (Å²) in [5, 5.41) is 39.5. The molecule has 0 radical (unpaired) electrons. The predicted molar refractivity (Wildman–Crippen MR) is 81.5 cm³/mol. The second-order valence-electron chi connectivity index (χ2n) is 6.36. The molecule has 4 N–H and O–H groups in total. The Bertz CT molecular complexity index is 764. The second-order valence-corrected chi connectivity index (χ2v) is 6.36. The number of fused-ring (bicyclic) bond motifs is 5. The quantitative estimate of drug-likeness (QED) is 0.563. The predicted octanol–water partition coefficient (Wildman–Crippen LogP) is 3.15. The lowest BCUT2D eigenvalue weighted by molar-refractivity contribution is 0.343. The Morgan fingerprint density at radius 1 is 0.773 bits per heavy atom. The molecule has 0 aromatic heterocycles. The summed E-state index contributed by atoms with van der Waals surface area (Å²) in [4.78, 5) is 0. The van der Waals surface area contributed by atoms with E-state index >= 15 is 0 Å². The fraction of sp³-hybridized carbons (Fsp3) is 0.333. The molecule has 0 heterocycles. The van der Waals surface area contributed by atoms with Crippen molar-refractivity contribution < 1.29 is 20.4 Å². The molecular weight excluding hydrogens is 280 g/mol. The summed E-state index contributed by atoms with van der Waals surface area (Å²) >= 11 is 0. The average Bonchev–Trinajstić information content (AvgIpc) is 2.51. The summed E-state index contributed by atoms with van der Waals surface area (Å²) < 4.78 is 0. The lowest BCUT2D eigenvalue weighted by Crippen LogP contribution is -2.27. The van der Waals surface area contributed by atoms with Crippen LogP contribution in [-0.2, 0) is 12.8 Å². The largest absolute Gasteiger partial charge is 0.504 e. The minimum Gasteiger partial charge on any atom is -0.504 e. The maximum Gasteiger partial charge on any atom is 0.160 e. The van der Waals surface area contributed by atoms with Crippen LogP contribution >= 0.6 is 0 Å². The Kier molecular flexibility index (Phi) is 2.76. The molecular formula is C18H18O4. The third-order valence-corrected chi connectivity index (χ3v) is 5.23. The van der Waals surface area contributed by atoms with Gasteiger partial charge in [0.1, 0.15) is 0 Å². The topological polar surface area (TPSA) is 80.9 Å². The zero-order valence-electron chi connectivity index (χ0n) is 12.1. The summed E-state index contributed by atoms with van der Waals surface area (Å²) in [6.07, 6.45) is 3.64. The van der Waals surface area contributed by atoms with Crippen LogP contribution in [0.15, 0.2) is 24.3 Å². The number of aryl methyl sites for hydroxylation is 1. The molecule has 4 nitrogen and oxygen atoms in total. The molecule has 2 atom stereocenters. The van der Waals surface area contributed by atoms with Gasteiger partial charge in [-0.3, -0.25) is 0 Å². The van der Waals surface area contributed by atoms with Gasteiger partial charge >= 0.3 is 0 Å². The van der Waals surface area contributed by atoms with Gasteiger partial charge < -0.3 is 20.4 Å². The van der Waals surface area contributed by atoms with E-state index in [1.807, 2.05) is 6.07 Å². The van der Waals surface area contributed by atoms with Crippen molar-refractivity contribution in [1.82, 2.24) is 0 Å². The van der Waals surface area contributed by atoms with Crippen LogP contribution in [0.3, 0.4) is 0 Å². The number of aromatic hydroxyl groups is 4. The van der Waals surface area contributed by atoms with Gasteiger partial charge in [0.25, 0.3) is 0 Å². The van der Waals surface area contributed by atoms with Crippen LogP contribution in [0, 0.1) is 5.92 Å². The van der Waals surface area contributed by atoms with E-state index in [1.165, 1.54) is 6.07 Å². The van der Waals surface area contributed by atoms with Crippen molar-refractivity contribution in [3.05, 3.63) is 46.5 Å². The molecule has 0 spiro atoms. The highest BCUT2D eigenvalue weighted by atomic mass is 16.3. The molecule has 0 saturated carbocycles. The van der Waals surface area contributed by atoms with Crippen LogP contribution in [0.5, 0.6) is 23.0 Å². The number of phenolic OH excluding ortho intramolecular Hbond substituents is 4. The Hall–Kier alpha value is -2.36. The Morgan fingerprint density at radius 2 is 1.50 bits per heavy atom. The van der Waals surface area contributed by atoms with Gasteiger partial charge in [0.15, 0.2) is 23.0 Å². The van der Waals surface area contributed by atoms with Gasteiger partial charge in [-0.2, -0.15) is 0 Å². The smallest absolute Gasteiger partial charge is 0.160 e. The number of benzene rings is 2. The summed E-state index contributed by atoms with van der Waals surface area (Å²) in [7, 11) is 0. The molecule has 22 heavy (non-hydrogen) atoms. The molecule has 2 aromatic carbocycles. The van der Waals surface area contributed by atoms with Crippen LogP contribution in [0.1, 0.15) is 41.0 Å². The third kappa shape index (κ3) is 1.76. The molecule has 0 unspecified atom stereocenters. The van der Waals surface area contributed by atoms with Crippen molar-refractivity contribution >= 4 is 0 Å². The van der Waals surface area contributed by atoms with Crippen molar-refractivity contribution in [1.29, 1.82) is 0 Å². The monoisotopic (exact) mass is 298 g/mol. The molecule has 0 amide bonds. The number of hydrogen-bond donors (Lipinski definition) is 4. The summed E-state index contributed by atoms with van der Waals surface area (Å²) in [5.74, 6) is 0.280. The van der Waals surface area contributed by atoms with Crippen LogP contribution in [0.4, 0.5) is 0 Å². The molecule has 2 aliphatic carbocycles. The minimum atomic E-state index is -0.102. The van der Waals surface area contributed by atoms with E-state index < -0.39 is 0 Å². The number of rotatable bonds is 0. The minimum absolute atomic E-state index is 0.0222. The molecule has 0 bridgehead atoms. The maximum absolute atomic E-state index is 10.1. The van der Waals surface area contributed by atoms with Crippen LogP contribution in [-0.4, -0.2) is 20.4 Å². The first-order valence-electron chi connectivity index (χ1n) is 7.64. The van der Waals surface area contributed by atoms with E-state index in [0.717, 1.165) is 47.9 Å². The lowest BCUT2D eigenvalue weighted by atomic mass is 9.65. The van der Waals surface area contributed by atoms with Gasteiger partial charge in [0, 0.05) is 11.5 Å². The van der Waals surface area contributed by atoms with Crippen LogP contribution in [0.2, 0.25) is 0 Å². The highest BCUT2D eigenvalue weighted by molar-refractivity contribution is 5.57. The molecule has 0 saturated heterocycles. The van der Waals surface area contributed by atoms with Gasteiger partial charge in [-0.05, 0) is 66.5 Å². The average molecular weight is 298 g/mol. The van der Waals surface area contributed by atoms with Gasteiger partial charge in [-0.25, -0.2) is 0 Å². The highest BCUT2D eigenvalue weighted by Crippen LogP contribution is 2.51. The van der Waals surface area contributed by atoms with Gasteiger partial charge in [-0.15, -0.1) is 0 Å². The Labute approximate surface area is 128 Å². The van der Waals surface area contributed by atoms with E-state index in [9.17, 15) is 20.4 Å². The van der Waals surface area contributed by atoms with E-state index in [0.29, 0.717) is 5.92 Å². The number of hydrogen-bond acceptors (Lipinski definition) is 4. The fourth-order valence-corrected chi connectivity index (χ4v) is 4.16. The van der Waals surface area contributed by atoms with Gasteiger partial charge in [0.2, 0.25) is 0 Å². The zero-order valence-corrected chi connectivity index (χ0v) is 12.1. The van der Waals surface area contributed by atoms with Gasteiger partial charge in [-0.1, -0.05) is 6.07 Å². The zero-order chi connectivity index (χ0) is 15.4. The standard InChI is InChI=1S/C18H18O4/c19-14-6-5-11-12(18(14)22)4-3-9-1-2-10-7-15(20)16(21)8-13(10)17(9)11/h5-9,17,19-22H,1-4H2/t9-,17+/m0/s1. The van der Waals surface area contributed by atoms with E-state index in [1.54, 1.807) is 12.1 Å². The SMILES string of the molecule is Oc1cc2c(cc1O)[C@H]1c3ccc(O)c(O)c3CC[C@@H]1CC2. The normalized spacial score (nSPS) is 22.5. The van der Waals surface area contributed by atoms with E-state index in [-0.39, 0.29) is 28.9 Å². The summed E-state index contributed by atoms with van der Waals surface area (Å²) in [5.41, 5.74) is 3.91. The van der Waals surface area contributed by atoms with Crippen molar-refractivity contribution in [3.8, 4) is 23.0 Å². The van der Waals surface area contributed by atoms with Crippen LogP contribution < -0.4 is 0 Å². The molecule has 4 heteroatoms. The highest BCUT2D eigenvalue weighted by Gasteiger charge is 2.37. The Balaban J connectivity index is 1.93. The molecule has 2 aliphatic rings. The molecule has 114 valence electrons. The first kappa shape index (κ1) is 13.3. The van der Waals surface area contributed by atoms with Crippen molar-refractivity contribution in [3.63, 3.8) is 0 Å². The Morgan fingerprint density at radius 3 is 2.32 bits per heavy atom. The summed E-state index contributed by atoms with van der Waals surface area (Å²) in [6, 6.07) is 6.71. The van der Waals surface area contributed by atoms with E-state index in [2.05, 4.69) is 0 Å². The lowest BCUT2D eigenvalue weighted by Gasteiger charge is -2.39. The van der Waals surface area contributed by atoms with E-state index in [4.69, 9.17) is 0 Å².